The lowest BCUT2D eigenvalue weighted by molar-refractivity contribution is -0.127. The van der Waals surface area contributed by atoms with E-state index < -0.39 is 0 Å². The minimum absolute atomic E-state index is 0.0547. The Morgan fingerprint density at radius 3 is 2.70 bits per heavy atom. The van der Waals surface area contributed by atoms with Gasteiger partial charge in [0, 0.05) is 21.1 Å². The first-order valence-corrected chi connectivity index (χ1v) is 7.11. The summed E-state index contributed by atoms with van der Waals surface area (Å²) in [5, 5.41) is 8.85. The molecule has 0 fully saturated rings. The second-order valence-electron chi connectivity index (χ2n) is 4.75. The molecule has 0 aliphatic carbocycles. The Kier molecular flexibility index (Phi) is 4.17. The number of aryl methyl sites for hydroxylation is 1. The molecule has 1 amide bonds. The van der Waals surface area contributed by atoms with E-state index in [1.807, 2.05) is 31.5 Å². The number of hydrogen-bond donors (Lipinski definition) is 0. The predicted molar refractivity (Wildman–Crippen MR) is 77.5 cm³/mol. The molecule has 108 valence electrons. The van der Waals surface area contributed by atoms with Crippen LogP contribution in [0.15, 0.2) is 21.9 Å². The van der Waals surface area contributed by atoms with Crippen LogP contribution in [0.5, 0.6) is 0 Å². The highest BCUT2D eigenvalue weighted by atomic mass is 32.2. The molecule has 6 nitrogen and oxygen atoms in total. The normalized spacial score (nSPS) is 12.4. The van der Waals surface area contributed by atoms with Gasteiger partial charge in [0.15, 0.2) is 11.0 Å². The number of nitrogens with zero attached hydrogens (tertiary/aromatic N) is 4. The summed E-state index contributed by atoms with van der Waals surface area (Å²) in [7, 11) is 5.38. The van der Waals surface area contributed by atoms with Gasteiger partial charge < -0.3 is 13.9 Å². The first-order valence-electron chi connectivity index (χ1n) is 6.23. The van der Waals surface area contributed by atoms with Gasteiger partial charge in [0.2, 0.25) is 5.91 Å². The highest BCUT2D eigenvalue weighted by Gasteiger charge is 2.21. The summed E-state index contributed by atoms with van der Waals surface area (Å²) in [4.78, 5) is 13.5. The summed E-state index contributed by atoms with van der Waals surface area (Å²) in [6, 6.07) is 1.86. The van der Waals surface area contributed by atoms with Crippen molar-refractivity contribution in [3.05, 3.63) is 18.1 Å². The number of hydrogen-bond acceptors (Lipinski definition) is 5. The van der Waals surface area contributed by atoms with E-state index >= 15 is 0 Å². The Balaban J connectivity index is 2.22. The maximum Gasteiger partial charge on any atom is 0.235 e. The first kappa shape index (κ1) is 14.6. The largest absolute Gasteiger partial charge is 0.469 e. The van der Waals surface area contributed by atoms with E-state index in [0.717, 1.165) is 17.1 Å². The number of thioether (sulfide) groups is 1. The second-order valence-corrected chi connectivity index (χ2v) is 6.06. The van der Waals surface area contributed by atoms with Gasteiger partial charge in [0.25, 0.3) is 0 Å². The van der Waals surface area contributed by atoms with Crippen molar-refractivity contribution in [2.24, 2.45) is 7.05 Å². The molecule has 20 heavy (non-hydrogen) atoms. The molecule has 1 atom stereocenters. The van der Waals surface area contributed by atoms with Gasteiger partial charge in [-0.3, -0.25) is 4.79 Å². The van der Waals surface area contributed by atoms with Crippen LogP contribution in [-0.4, -0.2) is 44.9 Å². The van der Waals surface area contributed by atoms with Crippen LogP contribution in [0.4, 0.5) is 0 Å². The van der Waals surface area contributed by atoms with Crippen LogP contribution >= 0.6 is 11.8 Å². The Hall–Kier alpha value is -1.76. The van der Waals surface area contributed by atoms with Gasteiger partial charge in [0.1, 0.15) is 5.76 Å². The maximum atomic E-state index is 11.9. The highest BCUT2D eigenvalue weighted by Crippen LogP contribution is 2.28. The summed E-state index contributed by atoms with van der Waals surface area (Å²) < 4.78 is 7.16. The molecule has 0 radical (unpaired) electrons. The topological polar surface area (TPSA) is 64.2 Å². The van der Waals surface area contributed by atoms with Crippen molar-refractivity contribution in [3.63, 3.8) is 0 Å². The van der Waals surface area contributed by atoms with Crippen LogP contribution in [0, 0.1) is 6.92 Å². The predicted octanol–water partition coefficient (Wildman–Crippen LogP) is 1.95. The van der Waals surface area contributed by atoms with Crippen molar-refractivity contribution in [3.8, 4) is 11.4 Å². The van der Waals surface area contributed by atoms with Gasteiger partial charge in [-0.2, -0.15) is 0 Å². The molecular formula is C13H18N4O2S. The molecule has 2 aromatic rings. The third-order valence-corrected chi connectivity index (χ3v) is 4.13. The summed E-state index contributed by atoms with van der Waals surface area (Å²) in [6.45, 7) is 3.75. The zero-order valence-electron chi connectivity index (χ0n) is 12.2. The molecule has 7 heteroatoms. The quantitative estimate of drug-likeness (QED) is 0.806. The number of amides is 1. The Morgan fingerprint density at radius 2 is 2.15 bits per heavy atom. The van der Waals surface area contributed by atoms with Crippen molar-refractivity contribution in [2.75, 3.05) is 14.1 Å². The average molecular weight is 294 g/mol. The van der Waals surface area contributed by atoms with Crippen molar-refractivity contribution >= 4 is 17.7 Å². The van der Waals surface area contributed by atoms with Crippen LogP contribution in [0.2, 0.25) is 0 Å². The molecule has 0 bridgehead atoms. The van der Waals surface area contributed by atoms with Crippen LogP contribution in [-0.2, 0) is 11.8 Å². The highest BCUT2D eigenvalue weighted by molar-refractivity contribution is 8.00. The van der Waals surface area contributed by atoms with E-state index in [4.69, 9.17) is 4.42 Å². The van der Waals surface area contributed by atoms with Crippen LogP contribution < -0.4 is 0 Å². The molecule has 2 rings (SSSR count). The Bertz CT molecular complexity index is 618. The van der Waals surface area contributed by atoms with Gasteiger partial charge in [0.05, 0.1) is 17.1 Å². The fraction of sp³-hybridized carbons (Fsp3) is 0.462. The third kappa shape index (κ3) is 2.72. The molecule has 2 heterocycles. The lowest BCUT2D eigenvalue weighted by atomic mass is 10.2. The Morgan fingerprint density at radius 1 is 1.45 bits per heavy atom. The van der Waals surface area contributed by atoms with Crippen molar-refractivity contribution in [1.29, 1.82) is 0 Å². The molecular weight excluding hydrogens is 276 g/mol. The molecule has 0 N–H and O–H groups in total. The number of aromatic nitrogens is 3. The fourth-order valence-electron chi connectivity index (χ4n) is 1.84. The molecule has 0 saturated carbocycles. The smallest absolute Gasteiger partial charge is 0.235 e. The molecule has 0 saturated heterocycles. The number of furan rings is 1. The number of rotatable bonds is 4. The van der Waals surface area contributed by atoms with Gasteiger partial charge in [-0.05, 0) is 19.9 Å². The van der Waals surface area contributed by atoms with E-state index in [9.17, 15) is 4.79 Å². The fourth-order valence-corrected chi connectivity index (χ4v) is 2.80. The number of carbonyl (C=O) groups is 1. The van der Waals surface area contributed by atoms with Crippen molar-refractivity contribution < 1.29 is 9.21 Å². The SMILES string of the molecule is Cc1occc1-c1nnc(S[C@@H](C)C(=O)N(C)C)n1C. The van der Waals surface area contributed by atoms with E-state index in [0.29, 0.717) is 5.16 Å². The van der Waals surface area contributed by atoms with Gasteiger partial charge in [-0.15, -0.1) is 10.2 Å². The molecule has 0 aliphatic rings. The van der Waals surface area contributed by atoms with E-state index in [2.05, 4.69) is 10.2 Å². The molecule has 0 aromatic carbocycles. The minimum Gasteiger partial charge on any atom is -0.469 e. The Labute approximate surface area is 122 Å². The van der Waals surface area contributed by atoms with Crippen molar-refractivity contribution in [1.82, 2.24) is 19.7 Å². The molecule has 0 spiro atoms. The lowest BCUT2D eigenvalue weighted by Gasteiger charge is -2.15. The summed E-state index contributed by atoms with van der Waals surface area (Å²) in [5.74, 6) is 1.59. The van der Waals surface area contributed by atoms with Crippen LogP contribution in [0.3, 0.4) is 0 Å². The van der Waals surface area contributed by atoms with Crippen LogP contribution in [0.1, 0.15) is 12.7 Å². The summed E-state index contributed by atoms with van der Waals surface area (Å²) >= 11 is 1.40. The standard InChI is InChI=1S/C13H18N4O2S/c1-8-10(6-7-19-8)11-14-15-13(17(11)5)20-9(2)12(18)16(3)4/h6-7,9H,1-5H3/t9-/m0/s1. The summed E-state index contributed by atoms with van der Waals surface area (Å²) in [6.07, 6.45) is 1.63. The number of carbonyl (C=O) groups excluding carboxylic acids is 1. The monoisotopic (exact) mass is 294 g/mol. The second kappa shape index (κ2) is 5.70. The lowest BCUT2D eigenvalue weighted by Crippen LogP contribution is -2.29. The van der Waals surface area contributed by atoms with Crippen molar-refractivity contribution in [2.45, 2.75) is 24.3 Å². The van der Waals surface area contributed by atoms with E-state index in [1.54, 1.807) is 25.3 Å². The molecule has 0 aliphatic heterocycles. The average Bonchev–Trinajstić information content (AvgIpc) is 2.96. The van der Waals surface area contributed by atoms with E-state index in [-0.39, 0.29) is 11.2 Å². The zero-order chi connectivity index (χ0) is 14.9. The zero-order valence-corrected chi connectivity index (χ0v) is 13.1. The molecule has 2 aromatic heterocycles. The minimum atomic E-state index is -0.203. The van der Waals surface area contributed by atoms with Gasteiger partial charge in [-0.25, -0.2) is 0 Å². The van der Waals surface area contributed by atoms with Crippen LogP contribution in [0.25, 0.3) is 11.4 Å². The summed E-state index contributed by atoms with van der Waals surface area (Å²) in [5.41, 5.74) is 0.915. The third-order valence-electron chi connectivity index (χ3n) is 3.01. The molecule has 0 unspecified atom stereocenters. The van der Waals surface area contributed by atoms with E-state index in [1.165, 1.54) is 11.8 Å². The first-order chi connectivity index (χ1) is 9.41. The van der Waals surface area contributed by atoms with Gasteiger partial charge in [-0.1, -0.05) is 11.8 Å². The van der Waals surface area contributed by atoms with Gasteiger partial charge >= 0.3 is 0 Å². The maximum absolute atomic E-state index is 11.9.